The van der Waals surface area contributed by atoms with Crippen molar-refractivity contribution in [3.8, 4) is 22.3 Å². The van der Waals surface area contributed by atoms with E-state index in [4.69, 9.17) is 0 Å². The number of aromatic nitrogens is 3. The van der Waals surface area contributed by atoms with E-state index in [9.17, 15) is 0 Å². The van der Waals surface area contributed by atoms with Gasteiger partial charge in [-0.25, -0.2) is 0 Å². The number of nitrogens with zero attached hydrogens (tertiary/aromatic N) is 3. The Morgan fingerprint density at radius 2 is 1.57 bits per heavy atom. The molecule has 0 fully saturated rings. The first-order valence-electron chi connectivity index (χ1n) is 7.25. The van der Waals surface area contributed by atoms with E-state index in [0.29, 0.717) is 0 Å². The maximum Gasteiger partial charge on any atom is 0.0708 e. The average molecular weight is 315 g/mol. The number of hydrogen-bond acceptors (Lipinski definition) is 4. The first-order valence-corrected chi connectivity index (χ1v) is 7.69. The van der Waals surface area contributed by atoms with Crippen molar-refractivity contribution < 1.29 is 0 Å². The highest BCUT2D eigenvalue weighted by Crippen LogP contribution is 2.31. The molecule has 4 rings (SSSR count). The van der Waals surface area contributed by atoms with E-state index < -0.39 is 0 Å². The molecule has 0 radical (unpaired) electrons. The van der Waals surface area contributed by atoms with Gasteiger partial charge < -0.3 is 0 Å². The number of pyridine rings is 3. The van der Waals surface area contributed by atoms with Gasteiger partial charge in [0.1, 0.15) is 0 Å². The molecule has 4 heteroatoms. The molecule has 0 bridgehead atoms. The van der Waals surface area contributed by atoms with Crippen molar-refractivity contribution in [3.63, 3.8) is 0 Å². The lowest BCUT2D eigenvalue weighted by Crippen LogP contribution is -1.87. The first kappa shape index (κ1) is 13.9. The van der Waals surface area contributed by atoms with E-state index in [0.717, 1.165) is 38.1 Å². The molecule has 0 amide bonds. The largest absolute Gasteiger partial charge is 0.265 e. The summed E-state index contributed by atoms with van der Waals surface area (Å²) >= 11 is 4.37. The summed E-state index contributed by atoms with van der Waals surface area (Å²) in [5, 5.41) is 1.11. The molecule has 0 N–H and O–H groups in total. The van der Waals surface area contributed by atoms with Crippen LogP contribution in [-0.4, -0.2) is 15.0 Å². The zero-order chi connectivity index (χ0) is 15.6. The molecule has 1 aromatic carbocycles. The summed E-state index contributed by atoms with van der Waals surface area (Å²) in [6.07, 6.45) is 9.04. The highest BCUT2D eigenvalue weighted by molar-refractivity contribution is 7.80. The van der Waals surface area contributed by atoms with E-state index in [-0.39, 0.29) is 0 Å². The normalized spacial score (nSPS) is 10.8. The van der Waals surface area contributed by atoms with E-state index in [1.807, 2.05) is 42.7 Å². The standard InChI is InChI=1S/C19H13N3S/c23-16-9-15(11-21-12-16)14-1-2-19-18(10-14)17(5-8-22-19)13-3-6-20-7-4-13/h1-12,23H. The van der Waals surface area contributed by atoms with Gasteiger partial charge in [0, 0.05) is 46.8 Å². The van der Waals surface area contributed by atoms with Crippen LogP contribution < -0.4 is 0 Å². The molecule has 4 aromatic rings. The van der Waals surface area contributed by atoms with Gasteiger partial charge in [0.15, 0.2) is 0 Å². The monoisotopic (exact) mass is 315 g/mol. The van der Waals surface area contributed by atoms with Gasteiger partial charge in [0.05, 0.1) is 5.52 Å². The van der Waals surface area contributed by atoms with E-state index in [2.05, 4.69) is 39.7 Å². The third kappa shape index (κ3) is 2.69. The molecule has 3 heterocycles. The third-order valence-electron chi connectivity index (χ3n) is 3.79. The van der Waals surface area contributed by atoms with Crippen LogP contribution in [0.3, 0.4) is 0 Å². The SMILES string of the molecule is Sc1cncc(-c2ccc3nccc(-c4ccncc4)c3c2)c1. The molecular weight excluding hydrogens is 302 g/mol. The Hall–Kier alpha value is -2.72. The molecule has 0 aliphatic carbocycles. The number of rotatable bonds is 2. The van der Waals surface area contributed by atoms with Crippen LogP contribution in [0.1, 0.15) is 0 Å². The quantitative estimate of drug-likeness (QED) is 0.547. The number of thiol groups is 1. The van der Waals surface area contributed by atoms with Crippen molar-refractivity contribution in [3.05, 3.63) is 73.4 Å². The van der Waals surface area contributed by atoms with Crippen LogP contribution in [0.25, 0.3) is 33.2 Å². The number of hydrogen-bond donors (Lipinski definition) is 1. The topological polar surface area (TPSA) is 38.7 Å². The van der Waals surface area contributed by atoms with Gasteiger partial charge in [0.2, 0.25) is 0 Å². The minimum absolute atomic E-state index is 0.850. The zero-order valence-corrected chi connectivity index (χ0v) is 13.1. The van der Waals surface area contributed by atoms with Crippen LogP contribution in [0.2, 0.25) is 0 Å². The zero-order valence-electron chi connectivity index (χ0n) is 12.2. The second kappa shape index (κ2) is 5.82. The summed E-state index contributed by atoms with van der Waals surface area (Å²) in [6, 6.07) is 14.3. The predicted octanol–water partition coefficient (Wildman–Crippen LogP) is 4.65. The van der Waals surface area contributed by atoms with Gasteiger partial charge in [-0.1, -0.05) is 6.07 Å². The van der Waals surface area contributed by atoms with Crippen molar-refractivity contribution in [2.24, 2.45) is 0 Å². The molecule has 0 aliphatic rings. The predicted molar refractivity (Wildman–Crippen MR) is 95.5 cm³/mol. The van der Waals surface area contributed by atoms with Crippen molar-refractivity contribution in [2.75, 3.05) is 0 Å². The van der Waals surface area contributed by atoms with Crippen LogP contribution in [0.4, 0.5) is 0 Å². The lowest BCUT2D eigenvalue weighted by atomic mass is 9.98. The Bertz CT molecular complexity index is 984. The fraction of sp³-hybridized carbons (Fsp3) is 0. The Kier molecular flexibility index (Phi) is 3.52. The molecule has 0 saturated carbocycles. The summed E-state index contributed by atoms with van der Waals surface area (Å²) in [4.78, 5) is 13.6. The second-order valence-electron chi connectivity index (χ2n) is 5.26. The van der Waals surface area contributed by atoms with E-state index >= 15 is 0 Å². The van der Waals surface area contributed by atoms with Gasteiger partial charge in [-0.05, 0) is 53.1 Å². The molecule has 3 aromatic heterocycles. The molecule has 0 saturated heterocycles. The molecule has 0 aliphatic heterocycles. The number of fused-ring (bicyclic) bond motifs is 1. The average Bonchev–Trinajstić information content (AvgIpc) is 2.61. The maximum absolute atomic E-state index is 4.47. The van der Waals surface area contributed by atoms with Gasteiger partial charge in [-0.3, -0.25) is 15.0 Å². The fourth-order valence-corrected chi connectivity index (χ4v) is 2.90. The summed E-state index contributed by atoms with van der Waals surface area (Å²) in [6.45, 7) is 0. The van der Waals surface area contributed by atoms with Crippen molar-refractivity contribution in [1.29, 1.82) is 0 Å². The first-order chi connectivity index (χ1) is 11.3. The molecular formula is C19H13N3S. The summed E-state index contributed by atoms with van der Waals surface area (Å²) in [5.41, 5.74) is 5.39. The highest BCUT2D eigenvalue weighted by Gasteiger charge is 2.07. The maximum atomic E-state index is 4.47. The molecule has 110 valence electrons. The van der Waals surface area contributed by atoms with Crippen LogP contribution in [0.15, 0.2) is 78.3 Å². The van der Waals surface area contributed by atoms with Gasteiger partial charge >= 0.3 is 0 Å². The minimum Gasteiger partial charge on any atom is -0.265 e. The lowest BCUT2D eigenvalue weighted by Gasteiger charge is -2.09. The van der Waals surface area contributed by atoms with Crippen molar-refractivity contribution in [2.45, 2.75) is 4.90 Å². The van der Waals surface area contributed by atoms with E-state index in [1.54, 1.807) is 18.6 Å². The smallest absolute Gasteiger partial charge is 0.0708 e. The molecule has 0 atom stereocenters. The molecule has 0 spiro atoms. The fourth-order valence-electron chi connectivity index (χ4n) is 2.69. The van der Waals surface area contributed by atoms with Gasteiger partial charge in [0.25, 0.3) is 0 Å². The van der Waals surface area contributed by atoms with Crippen molar-refractivity contribution >= 4 is 23.5 Å². The Morgan fingerprint density at radius 1 is 0.696 bits per heavy atom. The Labute approximate surface area is 139 Å². The summed E-state index contributed by atoms with van der Waals surface area (Å²) in [7, 11) is 0. The van der Waals surface area contributed by atoms with Crippen LogP contribution in [-0.2, 0) is 0 Å². The van der Waals surface area contributed by atoms with Crippen LogP contribution >= 0.6 is 12.6 Å². The van der Waals surface area contributed by atoms with Crippen LogP contribution in [0, 0.1) is 0 Å². The molecule has 23 heavy (non-hydrogen) atoms. The minimum atomic E-state index is 0.850. The molecule has 3 nitrogen and oxygen atoms in total. The van der Waals surface area contributed by atoms with Crippen molar-refractivity contribution in [1.82, 2.24) is 15.0 Å². The molecule has 0 unspecified atom stereocenters. The van der Waals surface area contributed by atoms with Gasteiger partial charge in [-0.2, -0.15) is 0 Å². The van der Waals surface area contributed by atoms with Gasteiger partial charge in [-0.15, -0.1) is 12.6 Å². The lowest BCUT2D eigenvalue weighted by molar-refractivity contribution is 1.24. The number of benzene rings is 1. The van der Waals surface area contributed by atoms with Crippen LogP contribution in [0.5, 0.6) is 0 Å². The summed E-state index contributed by atoms with van der Waals surface area (Å²) < 4.78 is 0. The Balaban J connectivity index is 1.94. The third-order valence-corrected chi connectivity index (χ3v) is 4.03. The second-order valence-corrected chi connectivity index (χ2v) is 5.77. The highest BCUT2D eigenvalue weighted by atomic mass is 32.1. The Morgan fingerprint density at radius 3 is 2.39 bits per heavy atom. The van der Waals surface area contributed by atoms with E-state index in [1.165, 1.54) is 0 Å². The summed E-state index contributed by atoms with van der Waals surface area (Å²) in [5.74, 6) is 0.